The maximum absolute atomic E-state index is 14.3. The zero-order valence-electron chi connectivity index (χ0n) is 81.7. The van der Waals surface area contributed by atoms with E-state index in [4.69, 9.17) is 58.1 Å². The van der Waals surface area contributed by atoms with Crippen LogP contribution in [0.2, 0.25) is 10.0 Å². The van der Waals surface area contributed by atoms with Crippen molar-refractivity contribution in [3.8, 4) is 11.5 Å². The summed E-state index contributed by atoms with van der Waals surface area (Å²) >= 11 is 16.0. The van der Waals surface area contributed by atoms with E-state index in [9.17, 15) is 32.8 Å². The molecule has 20 rings (SSSR count). The third-order valence-electron chi connectivity index (χ3n) is 27.8. The Bertz CT molecular complexity index is 6670. The molecule has 0 bridgehead atoms. The summed E-state index contributed by atoms with van der Waals surface area (Å²) < 4.78 is 44.2. The van der Waals surface area contributed by atoms with E-state index in [1.165, 1.54) is 101 Å². The number of nitrogens with one attached hydrogen (secondary N) is 1. The van der Waals surface area contributed by atoms with E-state index >= 15 is 0 Å². The van der Waals surface area contributed by atoms with Gasteiger partial charge in [0.15, 0.2) is 11.6 Å². The molecule has 2 atom stereocenters. The molecular weight excluding hydrogens is 1900 g/mol. The number of benzene rings is 7. The van der Waals surface area contributed by atoms with Crippen LogP contribution in [0.3, 0.4) is 0 Å². The number of thioether (sulfide) groups is 2. The number of nitrogens with two attached hydrogens (primary N) is 1. The van der Waals surface area contributed by atoms with E-state index in [-0.39, 0.29) is 38.5 Å². The Morgan fingerprint density at radius 3 is 1.16 bits per heavy atom. The van der Waals surface area contributed by atoms with Crippen LogP contribution in [0.4, 0.5) is 13.6 Å². The fourth-order valence-corrected chi connectivity index (χ4v) is 22.8. The fraction of sp³-hybridized carbons (Fsp3) is 0.333. The van der Waals surface area contributed by atoms with E-state index < -0.39 is 35.4 Å². The van der Waals surface area contributed by atoms with Crippen molar-refractivity contribution in [2.75, 3.05) is 78.1 Å². The van der Waals surface area contributed by atoms with Gasteiger partial charge in [0.05, 0.1) is 55.9 Å². The number of amides is 5. The number of rotatable bonds is 17. The number of carbonyl (C=O) groups is 5. The van der Waals surface area contributed by atoms with Crippen molar-refractivity contribution in [3.05, 3.63) is 405 Å². The number of alkyl carbamates (subject to hydrolysis) is 1. The number of hydrogen-bond donors (Lipinski definition) is 2. The van der Waals surface area contributed by atoms with Gasteiger partial charge >= 0.3 is 6.09 Å². The van der Waals surface area contributed by atoms with Gasteiger partial charge in [-0.25, -0.2) is 13.6 Å². The molecule has 0 spiro atoms. The summed E-state index contributed by atoms with van der Waals surface area (Å²) in [5, 5.41) is 4.36. The first kappa shape index (κ1) is 106. The molecule has 4 aliphatic heterocycles. The van der Waals surface area contributed by atoms with Crippen LogP contribution in [0.5, 0.6) is 11.5 Å². The monoisotopic (exact) mass is 2020 g/mol. The number of methoxy groups -OCH3 is 2. The molecular formula is C120H129Cl2F2N11O8S2. The van der Waals surface area contributed by atoms with Crippen molar-refractivity contribution in [2.24, 2.45) is 5.73 Å². The van der Waals surface area contributed by atoms with Gasteiger partial charge in [0.1, 0.15) is 23.1 Å². The number of aryl methyl sites for hydroxylation is 8. The van der Waals surface area contributed by atoms with Gasteiger partial charge in [0, 0.05) is 145 Å². The molecule has 5 aromatic heterocycles. The Hall–Kier alpha value is -12.9. The van der Waals surface area contributed by atoms with Crippen molar-refractivity contribution in [2.45, 2.75) is 180 Å². The molecule has 4 fully saturated rings. The minimum atomic E-state index is -0.841. The van der Waals surface area contributed by atoms with Crippen LogP contribution in [-0.4, -0.2) is 170 Å². The van der Waals surface area contributed by atoms with Gasteiger partial charge in [-0.1, -0.05) is 176 Å². The lowest BCUT2D eigenvalue weighted by Crippen LogP contribution is -2.52. The molecule has 12 aromatic rings. The minimum Gasteiger partial charge on any atom is -0.497 e. The Balaban J connectivity index is 0.000000146. The summed E-state index contributed by atoms with van der Waals surface area (Å²) in [6.45, 7) is 10.7. The van der Waals surface area contributed by atoms with Gasteiger partial charge in [0.2, 0.25) is 23.6 Å². The van der Waals surface area contributed by atoms with Crippen molar-refractivity contribution in [1.82, 2.24) is 49.8 Å². The second-order valence-corrected chi connectivity index (χ2v) is 41.2. The Kier molecular flexibility index (Phi) is 36.9. The molecule has 0 radical (unpaired) electrons. The predicted octanol–water partition coefficient (Wildman–Crippen LogP) is 23.3. The lowest BCUT2D eigenvalue weighted by atomic mass is 9.88. The molecule has 752 valence electrons. The van der Waals surface area contributed by atoms with E-state index in [2.05, 4.69) is 82.0 Å². The lowest BCUT2D eigenvalue weighted by Gasteiger charge is -2.33. The highest BCUT2D eigenvalue weighted by molar-refractivity contribution is 7.98. The van der Waals surface area contributed by atoms with E-state index in [1.54, 1.807) is 56.3 Å². The minimum absolute atomic E-state index is 0. The van der Waals surface area contributed by atoms with Gasteiger partial charge in [0.25, 0.3) is 0 Å². The Labute approximate surface area is 870 Å². The number of likely N-dealkylation sites (tertiary alicyclic amines) is 4. The second kappa shape index (κ2) is 50.3. The van der Waals surface area contributed by atoms with E-state index in [0.717, 1.165) is 191 Å². The number of carbonyl (C=O) groups excluding carboxylic acids is 5. The van der Waals surface area contributed by atoms with Crippen LogP contribution in [-0.2, 0) is 99.6 Å². The molecule has 8 aliphatic rings. The molecule has 0 unspecified atom stereocenters. The topological polar surface area (TPSA) is 228 Å². The molecule has 4 saturated heterocycles. The van der Waals surface area contributed by atoms with Crippen LogP contribution in [0.25, 0.3) is 22.3 Å². The number of pyridine rings is 5. The van der Waals surface area contributed by atoms with Crippen LogP contribution >= 0.6 is 46.7 Å². The third-order valence-corrected chi connectivity index (χ3v) is 30.5. The van der Waals surface area contributed by atoms with Crippen molar-refractivity contribution in [1.29, 1.82) is 0 Å². The molecule has 7 aromatic carbocycles. The average molecular weight is 2030 g/mol. The zero-order chi connectivity index (χ0) is 99.5. The van der Waals surface area contributed by atoms with Gasteiger partial charge in [-0.2, -0.15) is 23.5 Å². The first-order chi connectivity index (χ1) is 69.5. The summed E-state index contributed by atoms with van der Waals surface area (Å²) in [5.41, 5.74) is 38.1. The zero-order valence-corrected chi connectivity index (χ0v) is 84.9. The number of ether oxygens (including phenoxy) is 3. The van der Waals surface area contributed by atoms with Crippen molar-refractivity contribution < 1.29 is 47.0 Å². The van der Waals surface area contributed by atoms with Crippen molar-refractivity contribution >= 4 is 98.7 Å². The molecule has 19 nitrogen and oxygen atoms in total. The largest absolute Gasteiger partial charge is 0.497 e. The smallest absolute Gasteiger partial charge is 0.408 e. The maximum atomic E-state index is 14.3. The summed E-state index contributed by atoms with van der Waals surface area (Å²) in [4.78, 5) is 96.1. The van der Waals surface area contributed by atoms with Gasteiger partial charge < -0.3 is 44.9 Å². The lowest BCUT2D eigenvalue weighted by molar-refractivity contribution is -0.133. The van der Waals surface area contributed by atoms with Crippen LogP contribution in [0.1, 0.15) is 199 Å². The second-order valence-electron chi connectivity index (χ2n) is 38.3. The van der Waals surface area contributed by atoms with Crippen LogP contribution in [0.15, 0.2) is 272 Å². The number of piperidine rings is 4. The highest BCUT2D eigenvalue weighted by atomic mass is 35.5. The quantitative estimate of drug-likeness (QED) is 0.0863. The highest BCUT2D eigenvalue weighted by Gasteiger charge is 2.36. The van der Waals surface area contributed by atoms with E-state index in [1.807, 2.05) is 192 Å². The fourth-order valence-electron chi connectivity index (χ4n) is 20.4. The molecule has 4 aliphatic carbocycles. The maximum Gasteiger partial charge on any atom is 0.408 e. The summed E-state index contributed by atoms with van der Waals surface area (Å²) in [6, 6.07) is 68.7. The summed E-state index contributed by atoms with van der Waals surface area (Å²) in [7, 11) is 3.30. The molecule has 3 N–H and O–H groups in total. The standard InChI is InChI=1S/C35H40ClN3O4S.C30H32ClN3O2S.C27H26N2O.C26H23F2N3O.2CH4/c1-35(2,3)43-34(41)38-30(22-44-21-23-7-12-28(42-4)13-8-23)33(40)39-18-15-24(16-19-39)31-29-14-11-27(36)20-26(29)10-9-25-6-5-17-37-32(25)31;1-36-25-9-4-20(5-10-25)18-37-19-27(32)30(35)34-15-12-21(13-16-34)28-26-11-8-24(31)17-23(26)7-6-22-3-2-14-33-29(22)28;30-25(19-20-7-2-1-3-8-20)29-17-14-22(15-18-29)26-24-11-5-4-9-21(24)12-13-23-10-6-16-28-27(23)26;27-22-15-20-4-3-19-2-1-9-30-26(19)25(21(20)16-23(22)28)18-7-12-31(13-8-18)24(32)14-17-5-10-29-11-6-17;;/h5-8,11-14,17,20,30H,9-10,15-16,18-19,21-22H2,1-4H3,(H,38,41);2-5,8-11,14,17,27H,6-7,12-13,15-16,18-19,32H2,1H3;1-11,16H,12-15,17-19H2;1-2,5-6,9-11,15-16H,3-4,7-8,12-14H2;2*1H4/t30-;27-;;;;/m11..../s1. The number of fused-ring (bicyclic) bond motifs is 8. The molecule has 5 amide bonds. The third kappa shape index (κ3) is 26.9. The predicted molar refractivity (Wildman–Crippen MR) is 581 cm³/mol. The summed E-state index contributed by atoms with van der Waals surface area (Å²) in [5.74, 6) is 2.80. The number of aromatic nitrogens is 5. The SMILES string of the molecule is C.C.COc1ccc(CSC[C@@H](N)C(=O)N2CCC(=C3c4ccc(Cl)cc4CCc4cccnc43)CC2)cc1.COc1ccc(CSC[C@@H](NC(=O)OC(C)(C)C)C(=O)N2CCC(=C3c4ccc(Cl)cc4CCc4cccnc43)CC2)cc1.O=C(Cc1ccccc1)N1CCC(=C2c3ccccc3CCc3cccnc32)CC1.O=C(Cc1ccncc1)N1CCC(=C2c3cc(F)c(F)cc3CCc3cccnc32)CC1. The van der Waals surface area contributed by atoms with Crippen LogP contribution in [0, 0.1) is 11.6 Å². The van der Waals surface area contributed by atoms with Crippen molar-refractivity contribution in [3.63, 3.8) is 0 Å². The molecule has 0 saturated carbocycles. The normalized spacial score (nSPS) is 15.6. The highest BCUT2D eigenvalue weighted by Crippen LogP contribution is 2.45. The van der Waals surface area contributed by atoms with Gasteiger partial charge in [-0.05, 0) is 310 Å². The van der Waals surface area contributed by atoms with Crippen LogP contribution < -0.4 is 20.5 Å². The first-order valence-electron chi connectivity index (χ1n) is 49.6. The Morgan fingerprint density at radius 1 is 0.379 bits per heavy atom. The molecule has 9 heterocycles. The summed E-state index contributed by atoms with van der Waals surface area (Å²) in [6.07, 6.45) is 24.5. The van der Waals surface area contributed by atoms with Gasteiger partial charge in [-0.15, -0.1) is 0 Å². The molecule has 25 heteroatoms. The van der Waals surface area contributed by atoms with E-state index in [0.29, 0.717) is 88.6 Å². The number of nitrogens with zero attached hydrogens (tertiary/aromatic N) is 9. The Morgan fingerprint density at radius 2 is 0.731 bits per heavy atom. The number of halogens is 4. The van der Waals surface area contributed by atoms with Gasteiger partial charge in [-0.3, -0.25) is 44.1 Å². The average Bonchev–Trinajstić information content (AvgIpc) is 1.67. The molecule has 145 heavy (non-hydrogen) atoms. The number of hydrogen-bond acceptors (Lipinski definition) is 16. The first-order valence-corrected chi connectivity index (χ1v) is 52.6.